The van der Waals surface area contributed by atoms with Gasteiger partial charge in [0.25, 0.3) is 5.56 Å². The molecule has 0 fully saturated rings. The van der Waals surface area contributed by atoms with Crippen LogP contribution in [0.25, 0.3) is 22.4 Å². The zero-order valence-electron chi connectivity index (χ0n) is 22.2. The molecule has 5 aromatic heterocycles. The molecule has 0 bridgehead atoms. The van der Waals surface area contributed by atoms with E-state index in [0.717, 1.165) is 10.6 Å². The van der Waals surface area contributed by atoms with Crippen molar-refractivity contribution in [1.82, 2.24) is 33.8 Å². The van der Waals surface area contributed by atoms with Gasteiger partial charge in [-0.3, -0.25) is 23.7 Å². The summed E-state index contributed by atoms with van der Waals surface area (Å²) in [5.74, 6) is 0.00130. The zero-order chi connectivity index (χ0) is 29.6. The van der Waals surface area contributed by atoms with Gasteiger partial charge >= 0.3 is 11.9 Å². The van der Waals surface area contributed by atoms with Gasteiger partial charge < -0.3 is 14.4 Å². The molecule has 0 radical (unpaired) electrons. The van der Waals surface area contributed by atoms with Crippen LogP contribution < -0.4 is 16.6 Å². The molecule has 1 unspecified atom stereocenters. The Kier molecular flexibility index (Phi) is 6.80. The number of fused-ring (bicyclic) bond motifs is 1. The third-order valence-corrected chi connectivity index (χ3v) is 6.54. The lowest BCUT2D eigenvalue weighted by Crippen LogP contribution is -2.40. The summed E-state index contributed by atoms with van der Waals surface area (Å²) in [7, 11) is 1.45. The molecule has 0 aliphatic carbocycles. The molecule has 41 heavy (non-hydrogen) atoms. The molecule has 0 aromatic carbocycles. The SMILES string of the molecule is Cc1cc(Cn2c(=O)c3c(ncn3C(C)C(=O)Nc3cccc(-c4cnc(C)c(C(F)(F)F)c4)n3)n(C)c2=O)no1. The highest BCUT2D eigenvalue weighted by molar-refractivity contribution is 5.93. The Labute approximate surface area is 229 Å². The highest BCUT2D eigenvalue weighted by atomic mass is 19.4. The smallest absolute Gasteiger partial charge is 0.361 e. The highest BCUT2D eigenvalue weighted by Crippen LogP contribution is 2.33. The summed E-state index contributed by atoms with van der Waals surface area (Å²) in [5.41, 5.74) is -1.58. The first-order valence-corrected chi connectivity index (χ1v) is 12.3. The molecule has 0 spiro atoms. The molecular weight excluding hydrogens is 545 g/mol. The van der Waals surface area contributed by atoms with E-state index in [1.54, 1.807) is 13.0 Å². The Hall–Kier alpha value is -5.08. The quantitative estimate of drug-likeness (QED) is 0.329. The van der Waals surface area contributed by atoms with E-state index < -0.39 is 34.9 Å². The number of imidazole rings is 1. The summed E-state index contributed by atoms with van der Waals surface area (Å²) in [4.78, 5) is 51.8. The van der Waals surface area contributed by atoms with Crippen molar-refractivity contribution in [3.05, 3.63) is 86.4 Å². The average molecular weight is 569 g/mol. The van der Waals surface area contributed by atoms with Gasteiger partial charge in [0, 0.05) is 30.6 Å². The lowest BCUT2D eigenvalue weighted by atomic mass is 10.1. The van der Waals surface area contributed by atoms with E-state index >= 15 is 0 Å². The van der Waals surface area contributed by atoms with Crippen LogP contribution in [0.5, 0.6) is 0 Å². The van der Waals surface area contributed by atoms with Crippen molar-refractivity contribution in [3.8, 4) is 11.3 Å². The molecule has 0 aliphatic heterocycles. The van der Waals surface area contributed by atoms with Crippen molar-refractivity contribution >= 4 is 22.9 Å². The lowest BCUT2D eigenvalue weighted by molar-refractivity contribution is -0.138. The van der Waals surface area contributed by atoms with E-state index in [-0.39, 0.29) is 40.5 Å². The fraction of sp³-hybridized carbons (Fsp3) is 0.269. The molecule has 1 N–H and O–H groups in total. The number of hydrogen-bond donors (Lipinski definition) is 1. The molecule has 1 atom stereocenters. The summed E-state index contributed by atoms with van der Waals surface area (Å²) in [5, 5.41) is 6.46. The van der Waals surface area contributed by atoms with Crippen molar-refractivity contribution in [2.24, 2.45) is 7.05 Å². The topological polar surface area (TPSA) is 143 Å². The Morgan fingerprint density at radius 1 is 1.15 bits per heavy atom. The minimum absolute atomic E-state index is 0.0158. The van der Waals surface area contributed by atoms with Crippen LogP contribution in [0.1, 0.15) is 35.7 Å². The minimum Gasteiger partial charge on any atom is -0.361 e. The highest BCUT2D eigenvalue weighted by Gasteiger charge is 2.33. The lowest BCUT2D eigenvalue weighted by Gasteiger charge is -2.15. The normalized spacial score (nSPS) is 12.6. The second-order valence-corrected chi connectivity index (χ2v) is 9.41. The summed E-state index contributed by atoms with van der Waals surface area (Å²) in [6.45, 7) is 4.32. The Morgan fingerprint density at radius 3 is 2.59 bits per heavy atom. The number of anilines is 1. The zero-order valence-corrected chi connectivity index (χ0v) is 22.2. The maximum Gasteiger partial charge on any atom is 0.418 e. The van der Waals surface area contributed by atoms with E-state index in [9.17, 15) is 27.6 Å². The van der Waals surface area contributed by atoms with Crippen LogP contribution in [0.3, 0.4) is 0 Å². The van der Waals surface area contributed by atoms with Gasteiger partial charge in [-0.05, 0) is 39.0 Å². The number of rotatable bonds is 6. The third kappa shape index (κ3) is 5.13. The Bertz CT molecular complexity index is 1920. The number of aromatic nitrogens is 7. The first-order valence-electron chi connectivity index (χ1n) is 12.3. The van der Waals surface area contributed by atoms with Crippen molar-refractivity contribution in [3.63, 3.8) is 0 Å². The number of hydrogen-bond acceptors (Lipinski definition) is 8. The number of amides is 1. The van der Waals surface area contributed by atoms with E-state index in [4.69, 9.17) is 4.52 Å². The van der Waals surface area contributed by atoms with E-state index in [1.165, 1.54) is 60.8 Å². The summed E-state index contributed by atoms with van der Waals surface area (Å²) >= 11 is 0. The summed E-state index contributed by atoms with van der Waals surface area (Å²) in [6, 6.07) is 6.06. The predicted molar refractivity (Wildman–Crippen MR) is 140 cm³/mol. The first-order chi connectivity index (χ1) is 19.3. The number of nitrogens with one attached hydrogen (secondary N) is 1. The summed E-state index contributed by atoms with van der Waals surface area (Å²) < 4.78 is 48.6. The van der Waals surface area contributed by atoms with Crippen LogP contribution in [-0.4, -0.2) is 39.7 Å². The molecule has 5 heterocycles. The maximum atomic E-state index is 13.4. The van der Waals surface area contributed by atoms with Gasteiger partial charge in [-0.25, -0.2) is 14.8 Å². The summed E-state index contributed by atoms with van der Waals surface area (Å²) in [6.07, 6.45) is -2.03. The van der Waals surface area contributed by atoms with E-state index in [2.05, 4.69) is 25.4 Å². The van der Waals surface area contributed by atoms with Gasteiger partial charge in [-0.15, -0.1) is 0 Å². The standard InChI is InChI=1S/C26H23F3N8O4/c1-13-8-17(34-41-13)11-36-24(39)21-22(35(4)25(36)40)31-12-37(21)15(3)23(38)33-20-7-5-6-19(32-20)16-9-18(26(27,28)29)14(2)30-10-16/h5-10,12,15H,11H2,1-4H3,(H,32,33,38). The molecule has 5 rings (SSSR count). The fourth-order valence-electron chi connectivity index (χ4n) is 4.36. The number of halogens is 3. The van der Waals surface area contributed by atoms with Crippen LogP contribution in [0, 0.1) is 13.8 Å². The number of nitrogens with zero attached hydrogens (tertiary/aromatic N) is 7. The number of aryl methyl sites for hydroxylation is 3. The van der Waals surface area contributed by atoms with Crippen molar-refractivity contribution in [2.45, 2.75) is 39.5 Å². The van der Waals surface area contributed by atoms with Crippen LogP contribution in [0.2, 0.25) is 0 Å². The molecule has 0 saturated heterocycles. The predicted octanol–water partition coefficient (Wildman–Crippen LogP) is 3.23. The maximum absolute atomic E-state index is 13.4. The van der Waals surface area contributed by atoms with Gasteiger partial charge in [0.05, 0.1) is 24.1 Å². The van der Waals surface area contributed by atoms with E-state index in [1.807, 2.05) is 0 Å². The molecule has 212 valence electrons. The Morgan fingerprint density at radius 2 is 1.90 bits per heavy atom. The second kappa shape index (κ2) is 10.1. The number of pyridine rings is 2. The second-order valence-electron chi connectivity index (χ2n) is 9.41. The third-order valence-electron chi connectivity index (χ3n) is 6.54. The fourth-order valence-corrected chi connectivity index (χ4v) is 4.36. The van der Waals surface area contributed by atoms with Crippen molar-refractivity contribution in [1.29, 1.82) is 0 Å². The first kappa shape index (κ1) is 27.5. The molecular formula is C26H23F3N8O4. The number of carbonyl (C=O) groups excluding carboxylic acids is 1. The van der Waals surface area contributed by atoms with Crippen LogP contribution >= 0.6 is 0 Å². The monoisotopic (exact) mass is 568 g/mol. The molecule has 0 aliphatic rings. The number of alkyl halides is 3. The minimum atomic E-state index is -4.59. The molecule has 0 saturated carbocycles. The number of carbonyl (C=O) groups is 1. The van der Waals surface area contributed by atoms with Crippen LogP contribution in [0.4, 0.5) is 19.0 Å². The molecule has 15 heteroatoms. The van der Waals surface area contributed by atoms with Gasteiger partial charge in [-0.1, -0.05) is 11.2 Å². The van der Waals surface area contributed by atoms with Gasteiger partial charge in [0.1, 0.15) is 23.3 Å². The molecule has 1 amide bonds. The van der Waals surface area contributed by atoms with Crippen LogP contribution in [-0.2, 0) is 24.6 Å². The Balaban J connectivity index is 1.45. The van der Waals surface area contributed by atoms with Crippen LogP contribution in [0.15, 0.2) is 57.0 Å². The van der Waals surface area contributed by atoms with Gasteiger partial charge in [0.2, 0.25) is 5.91 Å². The van der Waals surface area contributed by atoms with E-state index in [0.29, 0.717) is 11.5 Å². The van der Waals surface area contributed by atoms with Crippen molar-refractivity contribution < 1.29 is 22.5 Å². The average Bonchev–Trinajstić information content (AvgIpc) is 3.55. The molecule has 5 aromatic rings. The van der Waals surface area contributed by atoms with Crippen molar-refractivity contribution in [2.75, 3.05) is 5.32 Å². The molecule has 12 nitrogen and oxygen atoms in total. The van der Waals surface area contributed by atoms with Gasteiger partial charge in [-0.2, -0.15) is 13.2 Å². The largest absolute Gasteiger partial charge is 0.418 e. The van der Waals surface area contributed by atoms with Gasteiger partial charge in [0.15, 0.2) is 11.2 Å².